The number of hydrogen-bond acceptors (Lipinski definition) is 4. The van der Waals surface area contributed by atoms with Crippen LogP contribution in [0, 0.1) is 0 Å². The van der Waals surface area contributed by atoms with Crippen molar-refractivity contribution in [3.8, 4) is 5.75 Å². The molecule has 0 radical (unpaired) electrons. The third-order valence-electron chi connectivity index (χ3n) is 4.46. The highest BCUT2D eigenvalue weighted by atomic mass is 16.3. The van der Waals surface area contributed by atoms with Gasteiger partial charge in [0.05, 0.1) is 0 Å². The van der Waals surface area contributed by atoms with E-state index >= 15 is 0 Å². The lowest BCUT2D eigenvalue weighted by molar-refractivity contribution is 0.00165. The number of hydrogen-bond donors (Lipinski definition) is 1. The first-order valence-corrected chi connectivity index (χ1v) is 7.36. The van der Waals surface area contributed by atoms with E-state index in [9.17, 15) is 9.90 Å². The molecule has 20 heavy (non-hydrogen) atoms. The minimum atomic E-state index is -0.163. The fourth-order valence-corrected chi connectivity index (χ4v) is 3.21. The first-order chi connectivity index (χ1) is 9.66. The van der Waals surface area contributed by atoms with E-state index in [1.54, 1.807) is 11.0 Å². The lowest BCUT2D eigenvalue weighted by atomic mass is 9.97. The molecule has 5 heteroatoms. The van der Waals surface area contributed by atoms with E-state index < -0.39 is 0 Å². The van der Waals surface area contributed by atoms with E-state index in [4.69, 9.17) is 0 Å². The maximum Gasteiger partial charge on any atom is 0.276 e. The smallest absolute Gasteiger partial charge is 0.276 e. The second-order valence-corrected chi connectivity index (χ2v) is 5.82. The van der Waals surface area contributed by atoms with Gasteiger partial charge in [0.15, 0.2) is 5.69 Å². The molecule has 1 aromatic rings. The maximum atomic E-state index is 12.2. The monoisotopic (exact) mass is 275 g/mol. The minimum absolute atomic E-state index is 0.0349. The number of nitrogens with zero attached hydrogens (tertiary/aromatic N) is 3. The average Bonchev–Trinajstić information content (AvgIpc) is 2.39. The molecule has 1 atom stereocenters. The van der Waals surface area contributed by atoms with Crippen molar-refractivity contribution in [2.24, 2.45) is 0 Å². The SMILES string of the molecule is C[C@H]1CCCCN1C1CN(C(=O)c2ncccc2O)C1. The minimum Gasteiger partial charge on any atom is -0.505 e. The van der Waals surface area contributed by atoms with Crippen molar-refractivity contribution in [3.63, 3.8) is 0 Å². The van der Waals surface area contributed by atoms with Crippen LogP contribution in [-0.4, -0.2) is 57.5 Å². The van der Waals surface area contributed by atoms with Crippen LogP contribution in [0.5, 0.6) is 5.75 Å². The summed E-state index contributed by atoms with van der Waals surface area (Å²) in [5.41, 5.74) is 0.164. The van der Waals surface area contributed by atoms with Gasteiger partial charge in [-0.3, -0.25) is 9.69 Å². The molecule has 2 aliphatic rings. The van der Waals surface area contributed by atoms with Gasteiger partial charge in [-0.25, -0.2) is 4.98 Å². The quantitative estimate of drug-likeness (QED) is 0.888. The first-order valence-electron chi connectivity index (χ1n) is 7.36. The summed E-state index contributed by atoms with van der Waals surface area (Å²) in [7, 11) is 0. The Morgan fingerprint density at radius 1 is 1.40 bits per heavy atom. The van der Waals surface area contributed by atoms with Crippen LogP contribution in [0.2, 0.25) is 0 Å². The zero-order chi connectivity index (χ0) is 14.1. The summed E-state index contributed by atoms with van der Waals surface area (Å²) >= 11 is 0. The van der Waals surface area contributed by atoms with Crippen LogP contribution in [0.15, 0.2) is 18.3 Å². The molecule has 0 aliphatic carbocycles. The number of aromatic nitrogens is 1. The van der Waals surface area contributed by atoms with Crippen LogP contribution in [0.3, 0.4) is 0 Å². The highest BCUT2D eigenvalue weighted by molar-refractivity contribution is 5.95. The molecule has 5 nitrogen and oxygen atoms in total. The largest absolute Gasteiger partial charge is 0.505 e. The molecule has 2 saturated heterocycles. The Balaban J connectivity index is 1.60. The number of aromatic hydroxyl groups is 1. The van der Waals surface area contributed by atoms with Gasteiger partial charge in [0.1, 0.15) is 5.75 Å². The molecule has 0 saturated carbocycles. The number of rotatable bonds is 2. The predicted octanol–water partition coefficient (Wildman–Crippen LogP) is 1.49. The van der Waals surface area contributed by atoms with Crippen molar-refractivity contribution in [1.29, 1.82) is 0 Å². The highest BCUT2D eigenvalue weighted by Crippen LogP contribution is 2.26. The number of amides is 1. The van der Waals surface area contributed by atoms with E-state index in [-0.39, 0.29) is 17.4 Å². The summed E-state index contributed by atoms with van der Waals surface area (Å²) < 4.78 is 0. The number of carbonyl (C=O) groups excluding carboxylic acids is 1. The van der Waals surface area contributed by atoms with Gasteiger partial charge in [0.25, 0.3) is 5.91 Å². The number of piperidine rings is 1. The van der Waals surface area contributed by atoms with Crippen LogP contribution >= 0.6 is 0 Å². The Hall–Kier alpha value is -1.62. The molecular formula is C15H21N3O2. The standard InChI is InChI=1S/C15H21N3O2/c1-11-5-2-3-8-18(11)12-9-17(10-12)15(20)14-13(19)6-4-7-16-14/h4,6-7,11-12,19H,2-3,5,8-10H2,1H3/t11-/m0/s1. The molecule has 1 amide bonds. The summed E-state index contributed by atoms with van der Waals surface area (Å²) in [6, 6.07) is 4.22. The lowest BCUT2D eigenvalue weighted by Crippen LogP contribution is -2.63. The predicted molar refractivity (Wildman–Crippen MR) is 75.6 cm³/mol. The molecule has 1 N–H and O–H groups in total. The summed E-state index contributed by atoms with van der Waals surface area (Å²) in [5, 5.41) is 9.69. The Morgan fingerprint density at radius 3 is 2.90 bits per heavy atom. The molecule has 3 rings (SSSR count). The Kier molecular flexibility index (Phi) is 3.61. The highest BCUT2D eigenvalue weighted by Gasteiger charge is 2.38. The van der Waals surface area contributed by atoms with Gasteiger partial charge in [0, 0.05) is 31.4 Å². The molecule has 0 aromatic carbocycles. The zero-order valence-corrected chi connectivity index (χ0v) is 11.8. The van der Waals surface area contributed by atoms with Gasteiger partial charge in [-0.2, -0.15) is 0 Å². The van der Waals surface area contributed by atoms with E-state index in [1.165, 1.54) is 31.5 Å². The van der Waals surface area contributed by atoms with Gasteiger partial charge >= 0.3 is 0 Å². The van der Waals surface area contributed by atoms with Crippen molar-refractivity contribution >= 4 is 5.91 Å². The molecule has 1 aromatic heterocycles. The molecule has 3 heterocycles. The summed E-state index contributed by atoms with van der Waals surface area (Å²) in [4.78, 5) is 20.5. The lowest BCUT2D eigenvalue weighted by Gasteiger charge is -2.49. The van der Waals surface area contributed by atoms with Gasteiger partial charge in [-0.15, -0.1) is 0 Å². The van der Waals surface area contributed by atoms with E-state index in [1.807, 2.05) is 0 Å². The van der Waals surface area contributed by atoms with Crippen molar-refractivity contribution in [2.45, 2.75) is 38.3 Å². The number of likely N-dealkylation sites (tertiary alicyclic amines) is 2. The van der Waals surface area contributed by atoms with E-state index in [0.717, 1.165) is 19.6 Å². The Morgan fingerprint density at radius 2 is 2.20 bits per heavy atom. The molecule has 0 unspecified atom stereocenters. The third kappa shape index (κ3) is 2.38. The number of carbonyl (C=O) groups is 1. The van der Waals surface area contributed by atoms with Gasteiger partial charge in [-0.1, -0.05) is 6.42 Å². The first kappa shape index (κ1) is 13.4. The van der Waals surface area contributed by atoms with E-state index in [0.29, 0.717) is 12.1 Å². The molecule has 0 spiro atoms. The van der Waals surface area contributed by atoms with Crippen LogP contribution in [0.4, 0.5) is 0 Å². The molecule has 0 bridgehead atoms. The topological polar surface area (TPSA) is 56.7 Å². The van der Waals surface area contributed by atoms with Gasteiger partial charge < -0.3 is 10.0 Å². The van der Waals surface area contributed by atoms with Crippen LogP contribution in [-0.2, 0) is 0 Å². The zero-order valence-electron chi connectivity index (χ0n) is 11.8. The van der Waals surface area contributed by atoms with Crippen molar-refractivity contribution in [3.05, 3.63) is 24.0 Å². The second-order valence-electron chi connectivity index (χ2n) is 5.82. The molecule has 2 aliphatic heterocycles. The van der Waals surface area contributed by atoms with Crippen molar-refractivity contribution in [2.75, 3.05) is 19.6 Å². The summed E-state index contributed by atoms with van der Waals surface area (Å²) in [6.07, 6.45) is 5.37. The fourth-order valence-electron chi connectivity index (χ4n) is 3.21. The average molecular weight is 275 g/mol. The third-order valence-corrected chi connectivity index (χ3v) is 4.46. The van der Waals surface area contributed by atoms with Crippen molar-refractivity contribution in [1.82, 2.24) is 14.8 Å². The van der Waals surface area contributed by atoms with Crippen LogP contribution < -0.4 is 0 Å². The Labute approximate surface area is 119 Å². The fraction of sp³-hybridized carbons (Fsp3) is 0.600. The summed E-state index contributed by atoms with van der Waals surface area (Å²) in [5.74, 6) is -0.198. The molecule has 2 fully saturated rings. The molecule has 108 valence electrons. The van der Waals surface area contributed by atoms with Crippen LogP contribution in [0.1, 0.15) is 36.7 Å². The van der Waals surface area contributed by atoms with E-state index in [2.05, 4.69) is 16.8 Å². The van der Waals surface area contributed by atoms with Crippen LogP contribution in [0.25, 0.3) is 0 Å². The Bertz CT molecular complexity index is 500. The normalized spacial score (nSPS) is 24.4. The second kappa shape index (κ2) is 5.40. The number of pyridine rings is 1. The van der Waals surface area contributed by atoms with Crippen molar-refractivity contribution < 1.29 is 9.90 Å². The molecular weight excluding hydrogens is 254 g/mol. The maximum absolute atomic E-state index is 12.2. The van der Waals surface area contributed by atoms with Gasteiger partial charge in [0.2, 0.25) is 0 Å². The summed E-state index contributed by atoms with van der Waals surface area (Å²) in [6.45, 7) is 4.91. The van der Waals surface area contributed by atoms with Gasteiger partial charge in [-0.05, 0) is 38.4 Å².